The summed E-state index contributed by atoms with van der Waals surface area (Å²) in [5.41, 5.74) is 12.5. The molecule has 0 N–H and O–H groups in total. The first kappa shape index (κ1) is 12.1. The van der Waals surface area contributed by atoms with Crippen LogP contribution in [0.4, 0.5) is 0 Å². The van der Waals surface area contributed by atoms with E-state index >= 15 is 0 Å². The third-order valence-electron chi connectivity index (χ3n) is 3.60. The molecule has 2 rings (SSSR count). The summed E-state index contributed by atoms with van der Waals surface area (Å²) in [4.78, 5) is 5.83. The summed E-state index contributed by atoms with van der Waals surface area (Å²) in [6.07, 6.45) is 11.1. The minimum absolute atomic E-state index is 0.791. The first-order valence-corrected chi connectivity index (χ1v) is 6.71. The highest BCUT2D eigenvalue weighted by Gasteiger charge is 2.22. The van der Waals surface area contributed by atoms with Crippen molar-refractivity contribution >= 4 is 5.71 Å². The SMILES string of the molecule is CCCCC1=C(N2CCCC2)C=CC(=[N+]=[N-])C1. The molecule has 0 amide bonds. The fraction of sp³-hybridized carbons (Fsp3) is 0.643. The smallest absolute Gasteiger partial charge is 0.296 e. The highest BCUT2D eigenvalue weighted by atomic mass is 15.1. The normalized spacial score (nSPS) is 20.1. The van der Waals surface area contributed by atoms with Crippen molar-refractivity contribution in [1.82, 2.24) is 4.90 Å². The minimum Gasteiger partial charge on any atom is -0.372 e. The van der Waals surface area contributed by atoms with Gasteiger partial charge in [-0.05, 0) is 37.3 Å². The van der Waals surface area contributed by atoms with Crippen LogP contribution in [0.5, 0.6) is 0 Å². The maximum atomic E-state index is 8.89. The predicted molar refractivity (Wildman–Crippen MR) is 69.7 cm³/mol. The predicted octanol–water partition coefficient (Wildman–Crippen LogP) is 3.16. The van der Waals surface area contributed by atoms with Crippen LogP contribution in [0.2, 0.25) is 0 Å². The Morgan fingerprint density at radius 3 is 2.71 bits per heavy atom. The fourth-order valence-electron chi connectivity index (χ4n) is 2.62. The van der Waals surface area contributed by atoms with Gasteiger partial charge in [0.1, 0.15) is 0 Å². The van der Waals surface area contributed by atoms with Crippen LogP contribution in [0.1, 0.15) is 45.4 Å². The lowest BCUT2D eigenvalue weighted by Crippen LogP contribution is -2.22. The molecule has 92 valence electrons. The molecule has 0 aromatic rings. The lowest BCUT2D eigenvalue weighted by Gasteiger charge is -2.24. The van der Waals surface area contributed by atoms with E-state index < -0.39 is 0 Å². The van der Waals surface area contributed by atoms with Gasteiger partial charge in [0.25, 0.3) is 5.71 Å². The van der Waals surface area contributed by atoms with Crippen molar-refractivity contribution in [2.75, 3.05) is 13.1 Å². The average Bonchev–Trinajstić information content (AvgIpc) is 2.89. The summed E-state index contributed by atoms with van der Waals surface area (Å²) in [6.45, 7) is 4.58. The highest BCUT2D eigenvalue weighted by molar-refractivity contribution is 5.94. The molecule has 1 heterocycles. The van der Waals surface area contributed by atoms with Crippen molar-refractivity contribution in [1.29, 1.82) is 0 Å². The van der Waals surface area contributed by atoms with Crippen LogP contribution >= 0.6 is 0 Å². The summed E-state index contributed by atoms with van der Waals surface area (Å²) in [5.74, 6) is 0. The molecular formula is C14H21N3. The topological polar surface area (TPSA) is 39.6 Å². The summed E-state index contributed by atoms with van der Waals surface area (Å²) < 4.78 is 0. The summed E-state index contributed by atoms with van der Waals surface area (Å²) in [6, 6.07) is 0. The van der Waals surface area contributed by atoms with Crippen LogP contribution < -0.4 is 0 Å². The van der Waals surface area contributed by atoms with Crippen molar-refractivity contribution in [3.8, 4) is 0 Å². The molecule has 2 aliphatic rings. The summed E-state index contributed by atoms with van der Waals surface area (Å²) >= 11 is 0. The molecule has 17 heavy (non-hydrogen) atoms. The van der Waals surface area contributed by atoms with E-state index in [0.717, 1.165) is 18.6 Å². The van der Waals surface area contributed by atoms with E-state index in [4.69, 9.17) is 5.53 Å². The van der Waals surface area contributed by atoms with Crippen molar-refractivity contribution in [3.63, 3.8) is 0 Å². The van der Waals surface area contributed by atoms with Gasteiger partial charge < -0.3 is 10.4 Å². The zero-order chi connectivity index (χ0) is 12.1. The molecular weight excluding hydrogens is 210 g/mol. The van der Waals surface area contributed by atoms with Crippen molar-refractivity contribution in [3.05, 3.63) is 29.0 Å². The van der Waals surface area contributed by atoms with E-state index in [0.29, 0.717) is 0 Å². The maximum absolute atomic E-state index is 8.89. The van der Waals surface area contributed by atoms with E-state index in [2.05, 4.69) is 22.7 Å². The highest BCUT2D eigenvalue weighted by Crippen LogP contribution is 2.27. The molecule has 0 spiro atoms. The van der Waals surface area contributed by atoms with Crippen LogP contribution in [-0.2, 0) is 0 Å². The molecule has 0 atom stereocenters. The number of hydrogen-bond acceptors (Lipinski definition) is 1. The summed E-state index contributed by atoms with van der Waals surface area (Å²) in [5, 5.41) is 0. The van der Waals surface area contributed by atoms with Crippen LogP contribution in [0.15, 0.2) is 23.4 Å². The van der Waals surface area contributed by atoms with Gasteiger partial charge in [-0.1, -0.05) is 13.3 Å². The van der Waals surface area contributed by atoms with Crippen molar-refractivity contribution in [2.45, 2.75) is 45.4 Å². The lowest BCUT2D eigenvalue weighted by atomic mass is 9.95. The van der Waals surface area contributed by atoms with Gasteiger partial charge in [0.05, 0.1) is 6.42 Å². The van der Waals surface area contributed by atoms with Crippen LogP contribution in [-0.4, -0.2) is 28.5 Å². The number of likely N-dealkylation sites (tertiary alicyclic amines) is 1. The molecule has 1 fully saturated rings. The lowest BCUT2D eigenvalue weighted by molar-refractivity contribution is -0.00576. The Kier molecular flexibility index (Phi) is 4.16. The monoisotopic (exact) mass is 231 g/mol. The Morgan fingerprint density at radius 2 is 2.06 bits per heavy atom. The molecule has 0 bridgehead atoms. The quantitative estimate of drug-likeness (QED) is 0.541. The number of allylic oxidation sites excluding steroid dienone is 3. The van der Waals surface area contributed by atoms with Crippen molar-refractivity contribution < 1.29 is 4.79 Å². The molecule has 0 saturated carbocycles. The van der Waals surface area contributed by atoms with E-state index in [1.165, 1.54) is 50.0 Å². The molecule has 1 aliphatic carbocycles. The Morgan fingerprint density at radius 1 is 1.29 bits per heavy atom. The second-order valence-corrected chi connectivity index (χ2v) is 4.89. The molecule has 3 heteroatoms. The first-order valence-electron chi connectivity index (χ1n) is 6.71. The second kappa shape index (κ2) is 5.83. The molecule has 1 saturated heterocycles. The Labute approximate surface area is 103 Å². The zero-order valence-corrected chi connectivity index (χ0v) is 10.7. The minimum atomic E-state index is 0.791. The fourth-order valence-corrected chi connectivity index (χ4v) is 2.62. The molecule has 1 aliphatic heterocycles. The zero-order valence-electron chi connectivity index (χ0n) is 10.7. The standard InChI is InChI=1S/C14H21N3/c1-2-3-6-12-11-13(16-15)7-8-14(12)17-9-4-5-10-17/h7-8H,2-6,9-11H2,1H3. The van der Waals surface area contributed by atoms with Gasteiger partial charge in [-0.2, -0.15) is 4.79 Å². The van der Waals surface area contributed by atoms with Gasteiger partial charge in [0, 0.05) is 24.9 Å². The van der Waals surface area contributed by atoms with Crippen LogP contribution in [0, 0.1) is 0 Å². The number of hydrogen-bond donors (Lipinski definition) is 0. The van der Waals surface area contributed by atoms with Gasteiger partial charge in [-0.3, -0.25) is 0 Å². The van der Waals surface area contributed by atoms with Crippen molar-refractivity contribution in [2.24, 2.45) is 0 Å². The largest absolute Gasteiger partial charge is 0.372 e. The third kappa shape index (κ3) is 2.86. The van der Waals surface area contributed by atoms with Crippen LogP contribution in [0.3, 0.4) is 0 Å². The van der Waals surface area contributed by atoms with Gasteiger partial charge in [0.15, 0.2) is 0 Å². The van der Waals surface area contributed by atoms with E-state index in [1.54, 1.807) is 0 Å². The number of rotatable bonds is 4. The Bertz CT molecular complexity index is 380. The average molecular weight is 231 g/mol. The van der Waals surface area contributed by atoms with Gasteiger partial charge in [-0.25, -0.2) is 0 Å². The molecule has 0 aromatic heterocycles. The van der Waals surface area contributed by atoms with Gasteiger partial charge >= 0.3 is 0 Å². The Balaban J connectivity index is 2.18. The molecule has 0 aromatic carbocycles. The second-order valence-electron chi connectivity index (χ2n) is 4.89. The van der Waals surface area contributed by atoms with Crippen LogP contribution in [0.25, 0.3) is 5.53 Å². The Hall–Kier alpha value is -1.34. The number of nitrogens with zero attached hydrogens (tertiary/aromatic N) is 3. The number of unbranched alkanes of at least 4 members (excludes halogenated alkanes) is 1. The maximum Gasteiger partial charge on any atom is 0.296 e. The molecule has 3 nitrogen and oxygen atoms in total. The van der Waals surface area contributed by atoms with E-state index in [-0.39, 0.29) is 0 Å². The van der Waals surface area contributed by atoms with E-state index in [9.17, 15) is 0 Å². The summed E-state index contributed by atoms with van der Waals surface area (Å²) in [7, 11) is 0. The molecule has 0 unspecified atom stereocenters. The molecule has 0 radical (unpaired) electrons. The first-order chi connectivity index (χ1) is 8.35. The third-order valence-corrected chi connectivity index (χ3v) is 3.60. The van der Waals surface area contributed by atoms with Gasteiger partial charge in [0.2, 0.25) is 0 Å². The van der Waals surface area contributed by atoms with Gasteiger partial charge in [-0.15, -0.1) is 0 Å². The van der Waals surface area contributed by atoms with E-state index in [1.807, 2.05) is 6.08 Å².